The molecular weight excluding hydrogens is 152 g/mol. The Kier molecular flexibility index (Phi) is 1.75. The van der Waals surface area contributed by atoms with Crippen molar-refractivity contribution in [2.75, 3.05) is 0 Å². The molecule has 1 radical (unpaired) electrons. The van der Waals surface area contributed by atoms with Crippen LogP contribution in [-0.4, -0.2) is 15.0 Å². The number of nitrogens with zero attached hydrogens (tertiary/aromatic N) is 3. The highest BCUT2D eigenvalue weighted by Crippen LogP contribution is 2.08. The van der Waals surface area contributed by atoms with Crippen LogP contribution in [-0.2, 0) is 6.54 Å². The standard InChI is InChI=1S/C8H9N4/c9-5-6-12-8-4-2-1-3-7(8)10-11-12/h1-5H,6,9H2. The Labute approximate surface area is 70.0 Å². The van der Waals surface area contributed by atoms with Crippen LogP contribution in [0.2, 0.25) is 0 Å². The van der Waals surface area contributed by atoms with Crippen LogP contribution < -0.4 is 5.73 Å². The highest BCUT2D eigenvalue weighted by Gasteiger charge is 2.00. The van der Waals surface area contributed by atoms with Crippen molar-refractivity contribution in [3.63, 3.8) is 0 Å². The van der Waals surface area contributed by atoms with Crippen molar-refractivity contribution in [1.82, 2.24) is 15.0 Å². The molecule has 0 atom stereocenters. The monoisotopic (exact) mass is 161 g/mol. The molecule has 0 aliphatic carbocycles. The van der Waals surface area contributed by atoms with Crippen molar-refractivity contribution < 1.29 is 0 Å². The molecule has 0 spiro atoms. The second-order valence-electron chi connectivity index (χ2n) is 2.50. The molecule has 0 aliphatic rings. The summed E-state index contributed by atoms with van der Waals surface area (Å²) < 4.78 is 1.76. The first-order valence-corrected chi connectivity index (χ1v) is 3.73. The van der Waals surface area contributed by atoms with E-state index < -0.39 is 0 Å². The van der Waals surface area contributed by atoms with Gasteiger partial charge in [-0.3, -0.25) is 0 Å². The number of para-hydroxylation sites is 1. The SMILES string of the molecule is N[CH]Cn1nnc2ccccc21. The first kappa shape index (κ1) is 7.24. The zero-order valence-electron chi connectivity index (χ0n) is 6.51. The second-order valence-corrected chi connectivity index (χ2v) is 2.50. The van der Waals surface area contributed by atoms with E-state index in [4.69, 9.17) is 5.73 Å². The molecule has 0 fully saturated rings. The molecule has 1 aromatic heterocycles. The van der Waals surface area contributed by atoms with Crippen molar-refractivity contribution in [2.24, 2.45) is 5.73 Å². The zero-order valence-corrected chi connectivity index (χ0v) is 6.51. The third kappa shape index (κ3) is 1.06. The Morgan fingerprint density at radius 1 is 1.42 bits per heavy atom. The largest absolute Gasteiger partial charge is 0.325 e. The Balaban J connectivity index is 2.55. The first-order chi connectivity index (χ1) is 5.92. The molecule has 0 saturated heterocycles. The van der Waals surface area contributed by atoms with Gasteiger partial charge in [-0.2, -0.15) is 0 Å². The summed E-state index contributed by atoms with van der Waals surface area (Å²) in [5, 5.41) is 7.92. The molecule has 0 amide bonds. The van der Waals surface area contributed by atoms with Gasteiger partial charge in [0.25, 0.3) is 0 Å². The maximum atomic E-state index is 5.30. The molecule has 0 unspecified atom stereocenters. The van der Waals surface area contributed by atoms with Gasteiger partial charge in [-0.15, -0.1) is 5.10 Å². The van der Waals surface area contributed by atoms with E-state index in [1.807, 2.05) is 24.3 Å². The number of aromatic nitrogens is 3. The van der Waals surface area contributed by atoms with Crippen molar-refractivity contribution in [2.45, 2.75) is 6.54 Å². The molecular formula is C8H9N4. The first-order valence-electron chi connectivity index (χ1n) is 3.73. The number of nitrogens with two attached hydrogens (primary N) is 1. The lowest BCUT2D eigenvalue weighted by Crippen LogP contribution is -2.05. The maximum Gasteiger partial charge on any atom is 0.113 e. The molecule has 0 aliphatic heterocycles. The molecule has 4 nitrogen and oxygen atoms in total. The topological polar surface area (TPSA) is 56.7 Å². The normalized spacial score (nSPS) is 10.8. The van der Waals surface area contributed by atoms with E-state index in [1.54, 1.807) is 11.2 Å². The van der Waals surface area contributed by atoms with Gasteiger partial charge in [0.05, 0.1) is 12.1 Å². The smallest absolute Gasteiger partial charge is 0.113 e. The van der Waals surface area contributed by atoms with Gasteiger partial charge < -0.3 is 5.73 Å². The van der Waals surface area contributed by atoms with Crippen LogP contribution in [0.5, 0.6) is 0 Å². The predicted molar refractivity (Wildman–Crippen MR) is 46.0 cm³/mol. The van der Waals surface area contributed by atoms with Gasteiger partial charge in [0.1, 0.15) is 5.52 Å². The fraction of sp³-hybridized carbons (Fsp3) is 0.125. The van der Waals surface area contributed by atoms with E-state index in [9.17, 15) is 0 Å². The van der Waals surface area contributed by atoms with Gasteiger partial charge in [-0.05, 0) is 12.1 Å². The van der Waals surface area contributed by atoms with Crippen LogP contribution in [0.15, 0.2) is 24.3 Å². The summed E-state index contributed by atoms with van der Waals surface area (Å²) in [7, 11) is 0. The fourth-order valence-corrected chi connectivity index (χ4v) is 1.15. The minimum atomic E-state index is 0.598. The Morgan fingerprint density at radius 2 is 2.25 bits per heavy atom. The average molecular weight is 161 g/mol. The van der Waals surface area contributed by atoms with Crippen LogP contribution in [0.25, 0.3) is 11.0 Å². The van der Waals surface area contributed by atoms with Crippen molar-refractivity contribution >= 4 is 11.0 Å². The van der Waals surface area contributed by atoms with Crippen molar-refractivity contribution in [1.29, 1.82) is 0 Å². The minimum Gasteiger partial charge on any atom is -0.325 e. The van der Waals surface area contributed by atoms with Crippen molar-refractivity contribution in [3.05, 3.63) is 30.8 Å². The quantitative estimate of drug-likeness (QED) is 0.699. The van der Waals surface area contributed by atoms with Gasteiger partial charge in [0.2, 0.25) is 0 Å². The van der Waals surface area contributed by atoms with Crippen LogP contribution >= 0.6 is 0 Å². The lowest BCUT2D eigenvalue weighted by molar-refractivity contribution is 0.654. The summed E-state index contributed by atoms with van der Waals surface area (Å²) >= 11 is 0. The van der Waals surface area contributed by atoms with Gasteiger partial charge in [0, 0.05) is 6.54 Å². The summed E-state index contributed by atoms with van der Waals surface area (Å²) in [6, 6.07) is 7.79. The number of rotatable bonds is 2. The molecule has 4 heteroatoms. The number of hydrogen-bond donors (Lipinski definition) is 1. The summed E-state index contributed by atoms with van der Waals surface area (Å²) in [6.45, 7) is 2.15. The minimum absolute atomic E-state index is 0.598. The summed E-state index contributed by atoms with van der Waals surface area (Å²) in [5.74, 6) is 0. The molecule has 2 aromatic rings. The molecule has 1 heterocycles. The number of hydrogen-bond acceptors (Lipinski definition) is 3. The van der Waals surface area contributed by atoms with Crippen LogP contribution in [0.3, 0.4) is 0 Å². The van der Waals surface area contributed by atoms with E-state index in [2.05, 4.69) is 10.3 Å². The van der Waals surface area contributed by atoms with Crippen molar-refractivity contribution in [3.8, 4) is 0 Å². The Bertz CT molecular complexity index is 379. The van der Waals surface area contributed by atoms with E-state index in [0.717, 1.165) is 11.0 Å². The van der Waals surface area contributed by atoms with E-state index in [-0.39, 0.29) is 0 Å². The molecule has 1 aromatic carbocycles. The molecule has 0 saturated carbocycles. The molecule has 12 heavy (non-hydrogen) atoms. The lowest BCUT2D eigenvalue weighted by Gasteiger charge is -1.96. The lowest BCUT2D eigenvalue weighted by atomic mass is 10.3. The van der Waals surface area contributed by atoms with Gasteiger partial charge in [-0.1, -0.05) is 17.3 Å². The predicted octanol–water partition coefficient (Wildman–Crippen LogP) is 0.552. The van der Waals surface area contributed by atoms with Gasteiger partial charge in [0.15, 0.2) is 0 Å². The summed E-state index contributed by atoms with van der Waals surface area (Å²) in [4.78, 5) is 0. The Morgan fingerprint density at radius 3 is 3.08 bits per heavy atom. The van der Waals surface area contributed by atoms with Gasteiger partial charge in [-0.25, -0.2) is 4.68 Å². The number of benzene rings is 1. The van der Waals surface area contributed by atoms with Crippen LogP contribution in [0.1, 0.15) is 0 Å². The fourth-order valence-electron chi connectivity index (χ4n) is 1.15. The maximum absolute atomic E-state index is 5.30. The highest BCUT2D eigenvalue weighted by molar-refractivity contribution is 5.73. The molecule has 2 N–H and O–H groups in total. The molecule has 61 valence electrons. The van der Waals surface area contributed by atoms with E-state index >= 15 is 0 Å². The van der Waals surface area contributed by atoms with E-state index in [1.165, 1.54) is 0 Å². The van der Waals surface area contributed by atoms with Crippen LogP contribution in [0, 0.1) is 6.54 Å². The van der Waals surface area contributed by atoms with Crippen LogP contribution in [0.4, 0.5) is 0 Å². The number of fused-ring (bicyclic) bond motifs is 1. The Hall–Kier alpha value is -1.42. The third-order valence-corrected chi connectivity index (χ3v) is 1.70. The second kappa shape index (κ2) is 2.91. The summed E-state index contributed by atoms with van der Waals surface area (Å²) in [6.07, 6.45) is 0. The highest BCUT2D eigenvalue weighted by atomic mass is 15.4. The average Bonchev–Trinajstić information content (AvgIpc) is 2.50. The third-order valence-electron chi connectivity index (χ3n) is 1.70. The van der Waals surface area contributed by atoms with Gasteiger partial charge >= 0.3 is 0 Å². The zero-order chi connectivity index (χ0) is 8.39. The summed E-state index contributed by atoms with van der Waals surface area (Å²) in [5.41, 5.74) is 7.21. The molecule has 0 bridgehead atoms. The van der Waals surface area contributed by atoms with E-state index in [0.29, 0.717) is 6.54 Å². The molecule has 2 rings (SSSR count).